The van der Waals surface area contributed by atoms with E-state index in [1.54, 1.807) is 11.3 Å². The minimum absolute atomic E-state index is 0.0507. The Labute approximate surface area is 162 Å². The lowest BCUT2D eigenvalue weighted by molar-refractivity contribution is -0.138. The van der Waals surface area contributed by atoms with Gasteiger partial charge in [0.25, 0.3) is 0 Å². The molecular weight excluding hydrogens is 362 g/mol. The number of nitrogens with one attached hydrogen (secondary N) is 1. The summed E-state index contributed by atoms with van der Waals surface area (Å²) in [6.07, 6.45) is 4.45. The van der Waals surface area contributed by atoms with Gasteiger partial charge in [-0.1, -0.05) is 6.42 Å². The van der Waals surface area contributed by atoms with Crippen molar-refractivity contribution in [2.45, 2.75) is 58.7 Å². The summed E-state index contributed by atoms with van der Waals surface area (Å²) in [5.41, 5.74) is 2.70. The molecule has 8 heteroatoms. The van der Waals surface area contributed by atoms with Crippen molar-refractivity contribution >= 4 is 23.2 Å². The molecule has 0 spiro atoms. The first-order valence-corrected chi connectivity index (χ1v) is 10.5. The fourth-order valence-corrected chi connectivity index (χ4v) is 4.23. The Morgan fingerprint density at radius 2 is 2.11 bits per heavy atom. The molecule has 1 fully saturated rings. The highest BCUT2D eigenvalue weighted by molar-refractivity contribution is 7.09. The van der Waals surface area contributed by atoms with Gasteiger partial charge in [-0.25, -0.2) is 4.98 Å². The van der Waals surface area contributed by atoms with Crippen molar-refractivity contribution in [3.8, 4) is 0 Å². The van der Waals surface area contributed by atoms with Crippen molar-refractivity contribution < 1.29 is 9.59 Å². The van der Waals surface area contributed by atoms with Crippen LogP contribution in [-0.4, -0.2) is 38.0 Å². The van der Waals surface area contributed by atoms with Crippen molar-refractivity contribution in [3.05, 3.63) is 33.5 Å². The largest absolute Gasteiger partial charge is 0.350 e. The molecule has 144 valence electrons. The van der Waals surface area contributed by atoms with E-state index in [1.165, 1.54) is 6.42 Å². The van der Waals surface area contributed by atoms with Gasteiger partial charge in [-0.2, -0.15) is 5.10 Å². The predicted octanol–water partition coefficient (Wildman–Crippen LogP) is 2.04. The molecular formula is C19H25N5O2S. The van der Waals surface area contributed by atoms with E-state index < -0.39 is 0 Å². The zero-order valence-corrected chi connectivity index (χ0v) is 16.4. The Balaban J connectivity index is 1.34. The van der Waals surface area contributed by atoms with E-state index in [9.17, 15) is 9.59 Å². The van der Waals surface area contributed by atoms with Crippen LogP contribution in [0.25, 0.3) is 0 Å². The van der Waals surface area contributed by atoms with Gasteiger partial charge in [0, 0.05) is 24.4 Å². The summed E-state index contributed by atoms with van der Waals surface area (Å²) >= 11 is 1.55. The van der Waals surface area contributed by atoms with Crippen LogP contribution in [0, 0.1) is 12.8 Å². The molecule has 1 aliphatic heterocycles. The summed E-state index contributed by atoms with van der Waals surface area (Å²) in [6.45, 7) is 4.57. The number of carbonyl (C=O) groups excluding carboxylic acids is 2. The number of amides is 2. The molecule has 0 aromatic carbocycles. The van der Waals surface area contributed by atoms with Crippen LogP contribution < -0.4 is 5.32 Å². The van der Waals surface area contributed by atoms with Gasteiger partial charge in [0.05, 0.1) is 41.6 Å². The van der Waals surface area contributed by atoms with Gasteiger partial charge in [0.15, 0.2) is 0 Å². The highest BCUT2D eigenvalue weighted by Gasteiger charge is 2.30. The highest BCUT2D eigenvalue weighted by atomic mass is 32.1. The molecule has 1 saturated carbocycles. The summed E-state index contributed by atoms with van der Waals surface area (Å²) in [4.78, 5) is 31.0. The van der Waals surface area contributed by atoms with Crippen LogP contribution in [0.15, 0.2) is 11.4 Å². The van der Waals surface area contributed by atoms with Gasteiger partial charge in [-0.15, -0.1) is 11.3 Å². The van der Waals surface area contributed by atoms with Gasteiger partial charge >= 0.3 is 0 Å². The maximum atomic E-state index is 12.6. The number of rotatable bonds is 5. The first-order valence-electron chi connectivity index (χ1n) is 9.60. The van der Waals surface area contributed by atoms with E-state index >= 15 is 0 Å². The Hall–Kier alpha value is -2.22. The van der Waals surface area contributed by atoms with Crippen molar-refractivity contribution in [2.24, 2.45) is 5.92 Å². The molecule has 1 aliphatic carbocycles. The van der Waals surface area contributed by atoms with Gasteiger partial charge < -0.3 is 10.2 Å². The number of hydrogen-bond donors (Lipinski definition) is 1. The molecule has 2 amide bonds. The number of aromatic nitrogens is 3. The maximum absolute atomic E-state index is 12.6. The third-order valence-corrected chi connectivity index (χ3v) is 6.13. The summed E-state index contributed by atoms with van der Waals surface area (Å²) in [5, 5.41) is 10.4. The molecule has 1 N–H and O–H groups in total. The minimum Gasteiger partial charge on any atom is -0.350 e. The molecule has 2 aromatic rings. The quantitative estimate of drug-likeness (QED) is 0.851. The predicted molar refractivity (Wildman–Crippen MR) is 102 cm³/mol. The van der Waals surface area contributed by atoms with Gasteiger partial charge in [0.1, 0.15) is 0 Å². The van der Waals surface area contributed by atoms with E-state index in [2.05, 4.69) is 15.4 Å². The molecule has 2 aromatic heterocycles. The molecule has 0 radical (unpaired) electrons. The van der Waals surface area contributed by atoms with Crippen LogP contribution in [0.5, 0.6) is 0 Å². The second kappa shape index (κ2) is 7.80. The van der Waals surface area contributed by atoms with E-state index in [0.717, 1.165) is 54.4 Å². The number of aryl methyl sites for hydroxylation is 2. The minimum atomic E-state index is -0.0507. The number of thiazole rings is 1. The van der Waals surface area contributed by atoms with Gasteiger partial charge in [0.2, 0.25) is 11.8 Å². The molecule has 4 rings (SSSR count). The Bertz CT molecular complexity index is 839. The summed E-state index contributed by atoms with van der Waals surface area (Å²) in [7, 11) is 0. The van der Waals surface area contributed by atoms with Gasteiger partial charge in [-0.3, -0.25) is 14.3 Å². The third-order valence-electron chi connectivity index (χ3n) is 5.31. The molecule has 0 unspecified atom stereocenters. The van der Waals surface area contributed by atoms with Crippen LogP contribution in [0.2, 0.25) is 0 Å². The van der Waals surface area contributed by atoms with Crippen LogP contribution in [0.3, 0.4) is 0 Å². The molecule has 0 bridgehead atoms. The lowest BCUT2D eigenvalue weighted by atomic mass is 9.84. The van der Waals surface area contributed by atoms with Gasteiger partial charge in [-0.05, 0) is 32.3 Å². The Morgan fingerprint density at radius 1 is 1.26 bits per heavy atom. The second-order valence-corrected chi connectivity index (χ2v) is 8.46. The lowest BCUT2D eigenvalue weighted by Gasteiger charge is -2.30. The van der Waals surface area contributed by atoms with E-state index in [0.29, 0.717) is 25.4 Å². The standard InChI is InChI=1S/C19H25N5O2S/c1-13-21-16(12-27-13)9-18(25)20-10-15-8-17-11-23(6-3-7-24(17)22-15)19(26)14-4-2-5-14/h8,12,14H,2-7,9-11H2,1H3,(H,20,25). The summed E-state index contributed by atoms with van der Waals surface area (Å²) in [6, 6.07) is 2.01. The summed E-state index contributed by atoms with van der Waals surface area (Å²) in [5.74, 6) is 0.474. The van der Waals surface area contributed by atoms with Crippen LogP contribution in [0.1, 0.15) is 47.8 Å². The zero-order chi connectivity index (χ0) is 18.8. The molecule has 0 atom stereocenters. The van der Waals surface area contributed by atoms with E-state index in [1.807, 2.05) is 28.0 Å². The molecule has 3 heterocycles. The molecule has 7 nitrogen and oxygen atoms in total. The normalized spacial score (nSPS) is 17.1. The van der Waals surface area contributed by atoms with E-state index in [4.69, 9.17) is 0 Å². The van der Waals surface area contributed by atoms with Crippen molar-refractivity contribution in [2.75, 3.05) is 6.54 Å². The Morgan fingerprint density at radius 3 is 2.81 bits per heavy atom. The first kappa shape index (κ1) is 18.2. The average molecular weight is 388 g/mol. The van der Waals surface area contributed by atoms with E-state index in [-0.39, 0.29) is 11.8 Å². The number of fused-ring (bicyclic) bond motifs is 1. The lowest BCUT2D eigenvalue weighted by Crippen LogP contribution is -2.38. The monoisotopic (exact) mass is 387 g/mol. The number of hydrogen-bond acceptors (Lipinski definition) is 5. The fraction of sp³-hybridized carbons (Fsp3) is 0.579. The number of nitrogens with zero attached hydrogens (tertiary/aromatic N) is 4. The number of carbonyl (C=O) groups is 2. The van der Waals surface area contributed by atoms with Crippen molar-refractivity contribution in [1.29, 1.82) is 0 Å². The summed E-state index contributed by atoms with van der Waals surface area (Å²) < 4.78 is 1.99. The zero-order valence-electron chi connectivity index (χ0n) is 15.6. The fourth-order valence-electron chi connectivity index (χ4n) is 3.62. The first-order chi connectivity index (χ1) is 13.1. The van der Waals surface area contributed by atoms with Crippen LogP contribution >= 0.6 is 11.3 Å². The van der Waals surface area contributed by atoms with Crippen molar-refractivity contribution in [3.63, 3.8) is 0 Å². The SMILES string of the molecule is Cc1nc(CC(=O)NCc2cc3n(n2)CCCN(C(=O)C2CCC2)C3)cs1. The molecule has 2 aliphatic rings. The molecule has 0 saturated heterocycles. The topological polar surface area (TPSA) is 80.1 Å². The average Bonchev–Trinajstić information content (AvgIpc) is 3.11. The third kappa shape index (κ3) is 4.21. The second-order valence-electron chi connectivity index (χ2n) is 7.40. The Kier molecular flexibility index (Phi) is 5.24. The smallest absolute Gasteiger partial charge is 0.226 e. The highest BCUT2D eigenvalue weighted by Crippen LogP contribution is 2.29. The maximum Gasteiger partial charge on any atom is 0.226 e. The van der Waals surface area contributed by atoms with Crippen molar-refractivity contribution in [1.82, 2.24) is 25.0 Å². The van der Waals surface area contributed by atoms with Crippen LogP contribution in [0.4, 0.5) is 0 Å². The van der Waals surface area contributed by atoms with Crippen LogP contribution in [-0.2, 0) is 35.6 Å². The molecule has 27 heavy (non-hydrogen) atoms.